The molecule has 0 amide bonds. The molecule has 1 aromatic rings. The highest BCUT2D eigenvalue weighted by atomic mass is 127. The quantitative estimate of drug-likeness (QED) is 0.234. The molecule has 4 nitrogen and oxygen atoms in total. The summed E-state index contributed by atoms with van der Waals surface area (Å²) in [5, 5.41) is 6.45. The lowest BCUT2D eigenvalue weighted by Crippen LogP contribution is -2.38. The van der Waals surface area contributed by atoms with Crippen LogP contribution in [0, 0.1) is 5.82 Å². The Balaban J connectivity index is 0.00000484. The van der Waals surface area contributed by atoms with E-state index in [1.807, 2.05) is 19.1 Å². The molecule has 0 fully saturated rings. The fraction of sp³-hybridized carbons (Fsp3) is 0.562. The maximum Gasteiger partial charge on any atom is 0.191 e. The first-order valence-electron chi connectivity index (χ1n) is 7.62. The van der Waals surface area contributed by atoms with Crippen molar-refractivity contribution in [2.75, 3.05) is 33.4 Å². The highest BCUT2D eigenvalue weighted by Crippen LogP contribution is 2.16. The van der Waals surface area contributed by atoms with Gasteiger partial charge in [-0.1, -0.05) is 22.0 Å². The van der Waals surface area contributed by atoms with Gasteiger partial charge in [0.05, 0.1) is 0 Å². The summed E-state index contributed by atoms with van der Waals surface area (Å²) in [6, 6.07) is 5.18. The van der Waals surface area contributed by atoms with Crippen molar-refractivity contribution in [2.24, 2.45) is 4.99 Å². The third-order valence-electron chi connectivity index (χ3n) is 3.05. The summed E-state index contributed by atoms with van der Waals surface area (Å²) in [6.45, 7) is 5.06. The number of nitrogens with zero attached hydrogens (tertiary/aromatic N) is 1. The number of halogens is 3. The summed E-state index contributed by atoms with van der Waals surface area (Å²) < 4.78 is 19.5. The van der Waals surface area contributed by atoms with Crippen molar-refractivity contribution in [3.63, 3.8) is 0 Å². The normalized spacial score (nSPS) is 11.0. The standard InChI is InChI=1S/C16H25BrFN3O.HI/c1-3-19-16(21-10-5-11-22-2)20-9-4-6-13-7-8-14(17)12-15(13)18;/h7-8,12H,3-6,9-11H2,1-2H3,(H2,19,20,21);1H. The molecule has 132 valence electrons. The fourth-order valence-electron chi connectivity index (χ4n) is 1.95. The maximum atomic E-state index is 13.7. The number of benzene rings is 1. The van der Waals surface area contributed by atoms with Crippen LogP contribution in [0.25, 0.3) is 0 Å². The van der Waals surface area contributed by atoms with Crippen molar-refractivity contribution in [2.45, 2.75) is 26.2 Å². The predicted molar refractivity (Wildman–Crippen MR) is 108 cm³/mol. The van der Waals surface area contributed by atoms with E-state index in [0.29, 0.717) is 13.0 Å². The molecule has 1 rings (SSSR count). The zero-order valence-electron chi connectivity index (χ0n) is 13.7. The second-order valence-corrected chi connectivity index (χ2v) is 5.79. The van der Waals surface area contributed by atoms with Crippen LogP contribution in [0.3, 0.4) is 0 Å². The lowest BCUT2D eigenvalue weighted by atomic mass is 10.1. The maximum absolute atomic E-state index is 13.7. The Hall–Kier alpha value is -0.410. The second kappa shape index (κ2) is 14.0. The van der Waals surface area contributed by atoms with Crippen molar-refractivity contribution < 1.29 is 9.13 Å². The Morgan fingerprint density at radius 1 is 1.30 bits per heavy atom. The molecule has 0 aromatic heterocycles. The van der Waals surface area contributed by atoms with Gasteiger partial charge in [0, 0.05) is 37.8 Å². The lowest BCUT2D eigenvalue weighted by molar-refractivity contribution is 0.195. The monoisotopic (exact) mass is 501 g/mol. The first-order valence-corrected chi connectivity index (χ1v) is 8.41. The van der Waals surface area contributed by atoms with Crippen LogP contribution in [0.5, 0.6) is 0 Å². The van der Waals surface area contributed by atoms with Gasteiger partial charge in [-0.3, -0.25) is 4.99 Å². The molecule has 0 saturated heterocycles. The Kier molecular flexibility index (Phi) is 13.7. The molecule has 0 atom stereocenters. The van der Waals surface area contributed by atoms with Crippen LogP contribution in [0.15, 0.2) is 27.7 Å². The minimum absolute atomic E-state index is 0. The predicted octanol–water partition coefficient (Wildman–Crippen LogP) is 3.73. The minimum atomic E-state index is -0.164. The van der Waals surface area contributed by atoms with Crippen LogP contribution in [-0.2, 0) is 11.2 Å². The van der Waals surface area contributed by atoms with Gasteiger partial charge in [-0.15, -0.1) is 24.0 Å². The van der Waals surface area contributed by atoms with Crippen molar-refractivity contribution in [3.05, 3.63) is 34.1 Å². The van der Waals surface area contributed by atoms with E-state index in [0.717, 1.165) is 48.5 Å². The Bertz CT molecular complexity index is 475. The van der Waals surface area contributed by atoms with E-state index in [-0.39, 0.29) is 29.8 Å². The molecule has 0 radical (unpaired) electrons. The molecule has 7 heteroatoms. The molecule has 0 unspecified atom stereocenters. The first kappa shape index (κ1) is 22.6. The molecule has 23 heavy (non-hydrogen) atoms. The number of aryl methyl sites for hydroxylation is 1. The Morgan fingerprint density at radius 3 is 2.74 bits per heavy atom. The topological polar surface area (TPSA) is 45.7 Å². The molecule has 1 aromatic carbocycles. The number of hydrogen-bond acceptors (Lipinski definition) is 2. The van der Waals surface area contributed by atoms with Crippen molar-refractivity contribution >= 4 is 45.9 Å². The van der Waals surface area contributed by atoms with Crippen LogP contribution in [0.4, 0.5) is 4.39 Å². The third-order valence-corrected chi connectivity index (χ3v) is 3.54. The van der Waals surface area contributed by atoms with E-state index in [1.54, 1.807) is 7.11 Å². The van der Waals surface area contributed by atoms with Gasteiger partial charge in [-0.05, 0) is 43.9 Å². The molecular weight excluding hydrogens is 476 g/mol. The number of rotatable bonds is 9. The average Bonchev–Trinajstić information content (AvgIpc) is 2.49. The van der Waals surface area contributed by atoms with Crippen LogP contribution >= 0.6 is 39.9 Å². The molecular formula is C16H26BrFIN3O. The van der Waals surface area contributed by atoms with Gasteiger partial charge >= 0.3 is 0 Å². The van der Waals surface area contributed by atoms with E-state index in [4.69, 9.17) is 4.74 Å². The van der Waals surface area contributed by atoms with Gasteiger partial charge in [-0.2, -0.15) is 0 Å². The molecule has 2 N–H and O–H groups in total. The molecule has 0 heterocycles. The third kappa shape index (κ3) is 10.1. The second-order valence-electron chi connectivity index (χ2n) is 4.87. The van der Waals surface area contributed by atoms with Gasteiger partial charge < -0.3 is 15.4 Å². The Labute approximate surface area is 163 Å². The lowest BCUT2D eigenvalue weighted by Gasteiger charge is -2.11. The molecule has 0 aliphatic rings. The molecule has 0 aliphatic carbocycles. The average molecular weight is 502 g/mol. The van der Waals surface area contributed by atoms with Crippen LogP contribution in [0.2, 0.25) is 0 Å². The SMILES string of the molecule is CCNC(=NCCCc1ccc(Br)cc1F)NCCCOC.I. The van der Waals surface area contributed by atoms with Gasteiger partial charge in [0.2, 0.25) is 0 Å². The van der Waals surface area contributed by atoms with Gasteiger partial charge in [0.25, 0.3) is 0 Å². The van der Waals surface area contributed by atoms with Crippen molar-refractivity contribution in [1.29, 1.82) is 0 Å². The van der Waals surface area contributed by atoms with Crippen LogP contribution in [0.1, 0.15) is 25.3 Å². The van der Waals surface area contributed by atoms with E-state index >= 15 is 0 Å². The zero-order chi connectivity index (χ0) is 16.2. The number of nitrogens with one attached hydrogen (secondary N) is 2. The summed E-state index contributed by atoms with van der Waals surface area (Å²) >= 11 is 3.26. The zero-order valence-corrected chi connectivity index (χ0v) is 17.6. The summed E-state index contributed by atoms with van der Waals surface area (Å²) in [5.74, 6) is 0.637. The van der Waals surface area contributed by atoms with Gasteiger partial charge in [-0.25, -0.2) is 4.39 Å². The summed E-state index contributed by atoms with van der Waals surface area (Å²) in [4.78, 5) is 4.50. The number of hydrogen-bond donors (Lipinski definition) is 2. The highest BCUT2D eigenvalue weighted by molar-refractivity contribution is 14.0. The molecule has 0 aliphatic heterocycles. The highest BCUT2D eigenvalue weighted by Gasteiger charge is 2.02. The van der Waals surface area contributed by atoms with E-state index in [1.165, 1.54) is 6.07 Å². The minimum Gasteiger partial charge on any atom is -0.385 e. The number of aliphatic imine (C=N–C) groups is 1. The largest absolute Gasteiger partial charge is 0.385 e. The number of ether oxygens (including phenoxy) is 1. The van der Waals surface area contributed by atoms with Gasteiger partial charge in [0.1, 0.15) is 5.82 Å². The Morgan fingerprint density at radius 2 is 2.09 bits per heavy atom. The van der Waals surface area contributed by atoms with E-state index < -0.39 is 0 Å². The van der Waals surface area contributed by atoms with Gasteiger partial charge in [0.15, 0.2) is 5.96 Å². The summed E-state index contributed by atoms with van der Waals surface area (Å²) in [5.41, 5.74) is 0.733. The molecule has 0 bridgehead atoms. The van der Waals surface area contributed by atoms with E-state index in [2.05, 4.69) is 31.6 Å². The van der Waals surface area contributed by atoms with E-state index in [9.17, 15) is 4.39 Å². The van der Waals surface area contributed by atoms with Crippen LogP contribution < -0.4 is 10.6 Å². The smallest absolute Gasteiger partial charge is 0.191 e. The van der Waals surface area contributed by atoms with Crippen LogP contribution in [-0.4, -0.2) is 39.3 Å². The summed E-state index contributed by atoms with van der Waals surface area (Å²) in [6.07, 6.45) is 2.43. The van der Waals surface area contributed by atoms with Crippen molar-refractivity contribution in [1.82, 2.24) is 10.6 Å². The van der Waals surface area contributed by atoms with Crippen molar-refractivity contribution in [3.8, 4) is 0 Å². The molecule has 0 saturated carbocycles. The number of guanidine groups is 1. The fourth-order valence-corrected chi connectivity index (χ4v) is 2.28. The number of methoxy groups -OCH3 is 1. The first-order chi connectivity index (χ1) is 10.7. The molecule has 0 spiro atoms. The summed E-state index contributed by atoms with van der Waals surface area (Å²) in [7, 11) is 1.69.